The van der Waals surface area contributed by atoms with Crippen LogP contribution in [0.4, 0.5) is 0 Å². The van der Waals surface area contributed by atoms with Crippen molar-refractivity contribution >= 4 is 21.5 Å². The fourth-order valence-corrected chi connectivity index (χ4v) is 4.58. The lowest BCUT2D eigenvalue weighted by Gasteiger charge is -2.10. The molecule has 0 unspecified atom stereocenters. The summed E-state index contributed by atoms with van der Waals surface area (Å²) >= 11 is 0. The van der Waals surface area contributed by atoms with Crippen molar-refractivity contribution in [3.8, 4) is 0 Å². The van der Waals surface area contributed by atoms with E-state index in [4.69, 9.17) is 0 Å². The highest BCUT2D eigenvalue weighted by molar-refractivity contribution is 5.81. The van der Waals surface area contributed by atoms with Gasteiger partial charge < -0.3 is 0 Å². The van der Waals surface area contributed by atoms with Crippen LogP contribution in [0.25, 0.3) is 21.5 Å². The van der Waals surface area contributed by atoms with Crippen LogP contribution in [-0.2, 0) is 0 Å². The topological polar surface area (TPSA) is 7.76 Å². The lowest BCUT2D eigenvalue weighted by molar-refractivity contribution is -0.944. The maximum atomic E-state index is 2.40. The van der Waals surface area contributed by atoms with Crippen LogP contribution in [0, 0.1) is 0 Å². The van der Waals surface area contributed by atoms with Gasteiger partial charge in [-0.1, -0.05) is 88.3 Å². The van der Waals surface area contributed by atoms with E-state index in [0.717, 1.165) is 6.42 Å². The number of fused-ring (bicyclic) bond motifs is 2. The van der Waals surface area contributed by atoms with E-state index in [1.807, 2.05) is 0 Å². The lowest BCUT2D eigenvalue weighted by atomic mass is 10.1. The number of aromatic nitrogens is 2. The average molecular weight is 413 g/mol. The summed E-state index contributed by atoms with van der Waals surface area (Å²) in [6, 6.07) is 21.8. The molecule has 0 amide bonds. The molecule has 4 aromatic rings. The molecule has 0 saturated heterocycles. The van der Waals surface area contributed by atoms with Crippen molar-refractivity contribution in [2.24, 2.45) is 0 Å². The Hall–Kier alpha value is -2.74. The molecule has 4 rings (SSSR count). The third kappa shape index (κ3) is 5.70. The second kappa shape index (κ2) is 11.0. The summed E-state index contributed by atoms with van der Waals surface area (Å²) in [7, 11) is 0. The van der Waals surface area contributed by atoms with Crippen LogP contribution >= 0.6 is 0 Å². The van der Waals surface area contributed by atoms with E-state index in [0.29, 0.717) is 6.17 Å². The van der Waals surface area contributed by atoms with Crippen LogP contribution in [0.2, 0.25) is 0 Å². The molecule has 0 fully saturated rings. The van der Waals surface area contributed by atoms with Gasteiger partial charge in [0, 0.05) is 22.9 Å². The number of pyridine rings is 2. The van der Waals surface area contributed by atoms with Crippen LogP contribution in [0.1, 0.15) is 70.9 Å². The molecule has 0 aliphatic heterocycles. The summed E-state index contributed by atoms with van der Waals surface area (Å²) < 4.78 is 4.80. The van der Waals surface area contributed by atoms with Crippen molar-refractivity contribution in [2.45, 2.75) is 70.9 Å². The van der Waals surface area contributed by atoms with Crippen LogP contribution in [0.5, 0.6) is 0 Å². The Bertz CT molecular complexity index is 1020. The quantitative estimate of drug-likeness (QED) is 0.183. The molecule has 0 spiro atoms. The standard InChI is InChI=1S/C29H36N2/c1-2-3-4-5-6-7-8-9-18-29(30-21-19-25-14-10-12-16-27(25)23-30)31-22-20-26-15-11-13-17-28(26)24-31/h10-17,19-24,29H,2-9,18H2,1H3/q+2. The summed E-state index contributed by atoms with van der Waals surface area (Å²) in [4.78, 5) is 0. The number of hydrogen-bond donors (Lipinski definition) is 0. The molecule has 0 aliphatic rings. The summed E-state index contributed by atoms with van der Waals surface area (Å²) in [6.45, 7) is 2.29. The number of rotatable bonds is 11. The minimum absolute atomic E-state index is 0.300. The van der Waals surface area contributed by atoms with E-state index in [2.05, 4.69) is 102 Å². The van der Waals surface area contributed by atoms with Crippen LogP contribution < -0.4 is 9.13 Å². The summed E-state index contributed by atoms with van der Waals surface area (Å²) in [5.74, 6) is 0. The third-order valence-corrected chi connectivity index (χ3v) is 6.42. The third-order valence-electron chi connectivity index (χ3n) is 6.42. The van der Waals surface area contributed by atoms with E-state index < -0.39 is 0 Å². The van der Waals surface area contributed by atoms with E-state index >= 15 is 0 Å². The number of nitrogens with zero attached hydrogens (tertiary/aromatic N) is 2. The van der Waals surface area contributed by atoms with Crippen LogP contribution in [0.3, 0.4) is 0 Å². The average Bonchev–Trinajstić information content (AvgIpc) is 2.82. The monoisotopic (exact) mass is 412 g/mol. The minimum atomic E-state index is 0.300. The van der Waals surface area contributed by atoms with Gasteiger partial charge in [-0.3, -0.25) is 0 Å². The molecular formula is C29H36N2+2. The van der Waals surface area contributed by atoms with Gasteiger partial charge >= 0.3 is 6.17 Å². The van der Waals surface area contributed by atoms with Crippen molar-refractivity contribution in [3.05, 3.63) is 85.5 Å². The van der Waals surface area contributed by atoms with Gasteiger partial charge in [0.25, 0.3) is 0 Å². The van der Waals surface area contributed by atoms with Gasteiger partial charge in [0.05, 0.1) is 6.42 Å². The number of benzene rings is 2. The van der Waals surface area contributed by atoms with Gasteiger partial charge in [-0.25, -0.2) is 0 Å². The Balaban J connectivity index is 1.51. The second-order valence-electron chi connectivity index (χ2n) is 8.79. The maximum Gasteiger partial charge on any atom is 0.352 e. The van der Waals surface area contributed by atoms with Gasteiger partial charge in [-0.05, 0) is 29.3 Å². The van der Waals surface area contributed by atoms with Crippen molar-refractivity contribution in [1.82, 2.24) is 0 Å². The minimum Gasteiger partial charge on any atom is -0.143 e. The Morgan fingerprint density at radius 3 is 1.52 bits per heavy atom. The molecule has 2 aromatic heterocycles. The first-order valence-electron chi connectivity index (χ1n) is 12.1. The first-order valence-corrected chi connectivity index (χ1v) is 12.1. The highest BCUT2D eigenvalue weighted by Gasteiger charge is 2.27. The molecule has 0 aliphatic carbocycles. The largest absolute Gasteiger partial charge is 0.352 e. The summed E-state index contributed by atoms with van der Waals surface area (Å²) in [5, 5.41) is 5.20. The predicted molar refractivity (Wildman–Crippen MR) is 130 cm³/mol. The molecular weight excluding hydrogens is 376 g/mol. The number of unbranched alkanes of at least 4 members (excludes halogenated alkanes) is 7. The normalized spacial score (nSPS) is 11.5. The van der Waals surface area contributed by atoms with Crippen LogP contribution in [-0.4, -0.2) is 0 Å². The second-order valence-corrected chi connectivity index (χ2v) is 8.79. The lowest BCUT2D eigenvalue weighted by Crippen LogP contribution is -2.56. The van der Waals surface area contributed by atoms with E-state index in [-0.39, 0.29) is 0 Å². The zero-order valence-electron chi connectivity index (χ0n) is 18.9. The molecule has 2 heterocycles. The zero-order valence-corrected chi connectivity index (χ0v) is 18.9. The predicted octanol–water partition coefficient (Wildman–Crippen LogP) is 7.15. The molecule has 31 heavy (non-hydrogen) atoms. The smallest absolute Gasteiger partial charge is 0.143 e. The van der Waals surface area contributed by atoms with Crippen LogP contribution in [0.15, 0.2) is 85.5 Å². The number of hydrogen-bond acceptors (Lipinski definition) is 0. The first-order chi connectivity index (χ1) is 15.3. The highest BCUT2D eigenvalue weighted by Crippen LogP contribution is 2.16. The van der Waals surface area contributed by atoms with Crippen molar-refractivity contribution in [2.75, 3.05) is 0 Å². The fraction of sp³-hybridized carbons (Fsp3) is 0.379. The van der Waals surface area contributed by atoms with Gasteiger partial charge in [-0.2, -0.15) is 0 Å². The highest BCUT2D eigenvalue weighted by atomic mass is 15.2. The molecule has 2 nitrogen and oxygen atoms in total. The molecule has 2 aromatic carbocycles. The van der Waals surface area contributed by atoms with Crippen molar-refractivity contribution in [3.63, 3.8) is 0 Å². The molecule has 0 radical (unpaired) electrons. The SMILES string of the molecule is CCCCCCCCCCC([n+]1ccc2ccccc2c1)[n+]1ccc2ccccc2c1. The van der Waals surface area contributed by atoms with Gasteiger partial charge in [0.1, 0.15) is 0 Å². The Kier molecular flexibility index (Phi) is 7.65. The van der Waals surface area contributed by atoms with E-state index in [1.54, 1.807) is 0 Å². The van der Waals surface area contributed by atoms with Gasteiger partial charge in [0.15, 0.2) is 24.8 Å². The molecule has 0 saturated carbocycles. The van der Waals surface area contributed by atoms with Gasteiger partial charge in [-0.15, -0.1) is 9.13 Å². The van der Waals surface area contributed by atoms with E-state index in [1.165, 1.54) is 72.9 Å². The van der Waals surface area contributed by atoms with Crippen molar-refractivity contribution < 1.29 is 9.13 Å². The molecule has 160 valence electrons. The fourth-order valence-electron chi connectivity index (χ4n) is 4.58. The molecule has 0 atom stereocenters. The first kappa shape index (κ1) is 21.5. The van der Waals surface area contributed by atoms with Gasteiger partial charge in [0.2, 0.25) is 0 Å². The molecule has 2 heteroatoms. The Morgan fingerprint density at radius 2 is 1.00 bits per heavy atom. The maximum absolute atomic E-state index is 2.40. The van der Waals surface area contributed by atoms with E-state index in [9.17, 15) is 0 Å². The molecule has 0 N–H and O–H groups in total. The Labute approximate surface area is 187 Å². The molecule has 0 bridgehead atoms. The summed E-state index contributed by atoms with van der Waals surface area (Å²) in [6.07, 6.45) is 21.4. The Morgan fingerprint density at radius 1 is 0.548 bits per heavy atom. The summed E-state index contributed by atoms with van der Waals surface area (Å²) in [5.41, 5.74) is 0. The van der Waals surface area contributed by atoms with Crippen molar-refractivity contribution in [1.29, 1.82) is 0 Å². The zero-order chi connectivity index (χ0) is 21.3.